The van der Waals surface area contributed by atoms with Crippen molar-refractivity contribution in [2.24, 2.45) is 28.6 Å². The third-order valence-electron chi connectivity index (χ3n) is 8.61. The minimum absolute atomic E-state index is 0.106. The molecule has 4 aliphatic carbocycles. The lowest BCUT2D eigenvalue weighted by Gasteiger charge is -2.58. The van der Waals surface area contributed by atoms with Gasteiger partial charge in [-0.1, -0.05) is 25.8 Å². The smallest absolute Gasteiger partial charge is 0.156 e. The van der Waals surface area contributed by atoms with E-state index in [9.17, 15) is 20.4 Å². The van der Waals surface area contributed by atoms with Crippen LogP contribution in [-0.2, 0) is 0 Å². The summed E-state index contributed by atoms with van der Waals surface area (Å²) in [6.45, 7) is 4.27. The fraction of sp³-hybridized carbons (Fsp3) is 0.810. The Labute approximate surface area is 150 Å². The maximum Gasteiger partial charge on any atom is 0.156 e. The van der Waals surface area contributed by atoms with Crippen molar-refractivity contribution in [2.45, 2.75) is 76.3 Å². The molecule has 0 aromatic rings. The minimum atomic E-state index is -1.45. The number of aliphatic hydroxyl groups excluding tert-OH is 3. The molecule has 138 valence electrons. The molecule has 0 aliphatic heterocycles. The zero-order valence-corrected chi connectivity index (χ0v) is 15.2. The Bertz CT molecular complexity index is 651. The van der Waals surface area contributed by atoms with Crippen LogP contribution in [0.4, 0.5) is 0 Å². The van der Waals surface area contributed by atoms with Gasteiger partial charge in [0.15, 0.2) is 5.60 Å². The van der Waals surface area contributed by atoms with E-state index in [1.54, 1.807) is 0 Å². The van der Waals surface area contributed by atoms with Crippen LogP contribution in [0.25, 0.3) is 0 Å². The topological polar surface area (TPSA) is 80.9 Å². The second-order valence-corrected chi connectivity index (χ2v) is 9.36. The SMILES string of the molecule is C#C[C@]1(O)[C@H](O)C[C@H]2[C@@H]3CC=C4[C@H](O)[C@@H](O)CC[C@]4(C)[C@H]3CC[C@@]21C. The quantitative estimate of drug-likeness (QED) is 0.397. The van der Waals surface area contributed by atoms with Gasteiger partial charge in [-0.3, -0.25) is 0 Å². The van der Waals surface area contributed by atoms with Gasteiger partial charge in [-0.05, 0) is 67.3 Å². The number of hydrogen-bond acceptors (Lipinski definition) is 4. The fourth-order valence-corrected chi connectivity index (χ4v) is 7.00. The molecule has 0 heterocycles. The van der Waals surface area contributed by atoms with Gasteiger partial charge in [0, 0.05) is 5.41 Å². The molecule has 4 rings (SSSR count). The highest BCUT2D eigenvalue weighted by atomic mass is 16.3. The van der Waals surface area contributed by atoms with Crippen molar-refractivity contribution in [1.82, 2.24) is 0 Å². The summed E-state index contributed by atoms with van der Waals surface area (Å²) in [7, 11) is 0. The lowest BCUT2D eigenvalue weighted by molar-refractivity contribution is -0.123. The van der Waals surface area contributed by atoms with Crippen LogP contribution < -0.4 is 0 Å². The average molecular weight is 346 g/mol. The number of hydrogen-bond donors (Lipinski definition) is 4. The van der Waals surface area contributed by atoms with Crippen LogP contribution in [0, 0.1) is 40.9 Å². The molecule has 0 saturated heterocycles. The van der Waals surface area contributed by atoms with Gasteiger partial charge in [0.25, 0.3) is 0 Å². The van der Waals surface area contributed by atoms with Crippen molar-refractivity contribution in [3.63, 3.8) is 0 Å². The van der Waals surface area contributed by atoms with Crippen LogP contribution in [0.5, 0.6) is 0 Å². The van der Waals surface area contributed by atoms with Gasteiger partial charge in [-0.25, -0.2) is 0 Å². The third kappa shape index (κ3) is 1.99. The first kappa shape index (κ1) is 17.5. The summed E-state index contributed by atoms with van der Waals surface area (Å²) < 4.78 is 0. The van der Waals surface area contributed by atoms with Gasteiger partial charge in [-0.15, -0.1) is 6.42 Å². The molecule has 3 saturated carbocycles. The summed E-state index contributed by atoms with van der Waals surface area (Å²) in [6, 6.07) is 0. The zero-order chi connectivity index (χ0) is 18.2. The van der Waals surface area contributed by atoms with E-state index in [1.807, 2.05) is 6.92 Å². The Balaban J connectivity index is 1.73. The molecule has 3 fully saturated rings. The molecule has 0 amide bonds. The third-order valence-corrected chi connectivity index (χ3v) is 8.61. The first-order chi connectivity index (χ1) is 11.7. The fourth-order valence-electron chi connectivity index (χ4n) is 7.00. The Morgan fingerprint density at radius 2 is 1.84 bits per heavy atom. The highest BCUT2D eigenvalue weighted by molar-refractivity contribution is 5.32. The van der Waals surface area contributed by atoms with E-state index >= 15 is 0 Å². The van der Waals surface area contributed by atoms with Crippen molar-refractivity contribution in [3.8, 4) is 12.3 Å². The van der Waals surface area contributed by atoms with Crippen molar-refractivity contribution >= 4 is 0 Å². The molecular weight excluding hydrogens is 316 g/mol. The van der Waals surface area contributed by atoms with Crippen LogP contribution in [0.2, 0.25) is 0 Å². The molecule has 0 radical (unpaired) electrons. The van der Waals surface area contributed by atoms with E-state index in [-0.39, 0.29) is 11.3 Å². The van der Waals surface area contributed by atoms with Crippen LogP contribution in [0.15, 0.2) is 11.6 Å². The molecule has 4 aliphatic rings. The number of rotatable bonds is 0. The molecule has 4 N–H and O–H groups in total. The molecule has 0 bridgehead atoms. The number of fused-ring (bicyclic) bond motifs is 5. The molecule has 0 aromatic heterocycles. The van der Waals surface area contributed by atoms with E-state index in [1.165, 1.54) is 0 Å². The predicted molar refractivity (Wildman–Crippen MR) is 94.3 cm³/mol. The Kier molecular flexibility index (Phi) is 3.74. The second kappa shape index (κ2) is 5.33. The predicted octanol–water partition coefficient (Wildman–Crippen LogP) is 1.62. The number of allylic oxidation sites excluding steroid dienone is 1. The average Bonchev–Trinajstić information content (AvgIpc) is 2.79. The van der Waals surface area contributed by atoms with Gasteiger partial charge in [0.2, 0.25) is 0 Å². The largest absolute Gasteiger partial charge is 0.390 e. The second-order valence-electron chi connectivity index (χ2n) is 9.36. The molecule has 25 heavy (non-hydrogen) atoms. The van der Waals surface area contributed by atoms with E-state index < -0.39 is 29.3 Å². The van der Waals surface area contributed by atoms with Gasteiger partial charge < -0.3 is 20.4 Å². The van der Waals surface area contributed by atoms with E-state index in [0.717, 1.165) is 31.3 Å². The van der Waals surface area contributed by atoms with Crippen molar-refractivity contribution < 1.29 is 20.4 Å². The maximum atomic E-state index is 11.0. The summed E-state index contributed by atoms with van der Waals surface area (Å²) in [5.74, 6) is 3.46. The molecule has 0 aromatic carbocycles. The van der Waals surface area contributed by atoms with Crippen LogP contribution in [0.3, 0.4) is 0 Å². The Morgan fingerprint density at radius 1 is 1.12 bits per heavy atom. The summed E-state index contributed by atoms with van der Waals surface area (Å²) >= 11 is 0. The standard InChI is InChI=1S/C21H30O4/c1-4-21(25)17(23)11-15-12-5-6-14-18(24)16(22)8-9-19(14,2)13(12)7-10-20(15,21)3/h1,6,12-13,15-18,22-25H,5,7-11H2,2-3H3/t12-,13+,15+,16+,17-,18+,19-,20+,21+/m1/s1. The number of aliphatic hydroxyl groups is 4. The van der Waals surface area contributed by atoms with E-state index in [2.05, 4.69) is 18.9 Å². The van der Waals surface area contributed by atoms with Crippen LogP contribution in [-0.4, -0.2) is 44.3 Å². The van der Waals surface area contributed by atoms with Crippen LogP contribution >= 0.6 is 0 Å². The summed E-state index contributed by atoms with van der Waals surface area (Å²) in [4.78, 5) is 0. The van der Waals surface area contributed by atoms with Crippen molar-refractivity contribution in [2.75, 3.05) is 0 Å². The van der Waals surface area contributed by atoms with Gasteiger partial charge in [0.1, 0.15) is 6.10 Å². The van der Waals surface area contributed by atoms with Gasteiger partial charge >= 0.3 is 0 Å². The monoisotopic (exact) mass is 346 g/mol. The highest BCUT2D eigenvalue weighted by Crippen LogP contribution is 2.66. The lowest BCUT2D eigenvalue weighted by atomic mass is 9.46. The van der Waals surface area contributed by atoms with Gasteiger partial charge in [-0.2, -0.15) is 0 Å². The van der Waals surface area contributed by atoms with Crippen molar-refractivity contribution in [3.05, 3.63) is 11.6 Å². The molecular formula is C21H30O4. The normalized spacial score (nSPS) is 57.7. The Morgan fingerprint density at radius 3 is 2.52 bits per heavy atom. The molecule has 0 spiro atoms. The first-order valence-corrected chi connectivity index (χ1v) is 9.64. The first-order valence-electron chi connectivity index (χ1n) is 9.64. The summed E-state index contributed by atoms with van der Waals surface area (Å²) in [6.07, 6.45) is 10.1. The molecule has 9 atom stereocenters. The Hall–Kier alpha value is -0.860. The summed E-state index contributed by atoms with van der Waals surface area (Å²) in [5, 5.41) is 42.1. The maximum absolute atomic E-state index is 11.0. The van der Waals surface area contributed by atoms with Crippen molar-refractivity contribution in [1.29, 1.82) is 0 Å². The minimum Gasteiger partial charge on any atom is -0.390 e. The van der Waals surface area contributed by atoms with Gasteiger partial charge in [0.05, 0.1) is 12.2 Å². The number of terminal acetylenes is 1. The highest BCUT2D eigenvalue weighted by Gasteiger charge is 2.67. The van der Waals surface area contributed by atoms with E-state index in [0.29, 0.717) is 24.7 Å². The molecule has 0 unspecified atom stereocenters. The molecule has 4 heteroatoms. The van der Waals surface area contributed by atoms with Crippen LogP contribution in [0.1, 0.15) is 52.4 Å². The molecule has 4 nitrogen and oxygen atoms in total. The van der Waals surface area contributed by atoms with E-state index in [4.69, 9.17) is 6.42 Å². The zero-order valence-electron chi connectivity index (χ0n) is 15.2. The summed E-state index contributed by atoms with van der Waals surface area (Å²) in [5.41, 5.74) is -1.01. The lowest BCUT2D eigenvalue weighted by Crippen LogP contribution is -2.57.